The van der Waals surface area contributed by atoms with Crippen molar-refractivity contribution in [1.82, 2.24) is 15.1 Å². The normalized spacial score (nSPS) is 18.7. The molecule has 1 aliphatic rings. The van der Waals surface area contributed by atoms with Gasteiger partial charge in [0.15, 0.2) is 0 Å². The number of rotatable bonds is 7. The molecule has 1 saturated heterocycles. The maximum Gasteiger partial charge on any atom is 0.325 e. The minimum Gasteiger partial charge on any atom is -0.345 e. The van der Waals surface area contributed by atoms with Gasteiger partial charge in [-0.15, -0.1) is 0 Å². The van der Waals surface area contributed by atoms with E-state index in [0.717, 1.165) is 24.0 Å². The van der Waals surface area contributed by atoms with Gasteiger partial charge in [0.1, 0.15) is 5.54 Å². The van der Waals surface area contributed by atoms with Crippen molar-refractivity contribution in [2.24, 2.45) is 0 Å². The van der Waals surface area contributed by atoms with Gasteiger partial charge < -0.3 is 10.2 Å². The van der Waals surface area contributed by atoms with Crippen molar-refractivity contribution >= 4 is 17.8 Å². The Bertz CT molecular complexity index is 893. The molecule has 3 rings (SSSR count). The van der Waals surface area contributed by atoms with E-state index < -0.39 is 5.54 Å². The summed E-state index contributed by atoms with van der Waals surface area (Å²) in [5, 5.41) is 2.96. The summed E-state index contributed by atoms with van der Waals surface area (Å²) in [5.41, 5.74) is 1.15. The number of carbonyl (C=O) groups is 3. The molecule has 29 heavy (non-hydrogen) atoms. The lowest BCUT2D eigenvalue weighted by atomic mass is 9.85. The van der Waals surface area contributed by atoms with Gasteiger partial charge in [0, 0.05) is 19.7 Å². The fraction of sp³-hybridized carbons (Fsp3) is 0.348. The first-order valence-electron chi connectivity index (χ1n) is 9.89. The van der Waals surface area contributed by atoms with Crippen LogP contribution < -0.4 is 5.32 Å². The van der Waals surface area contributed by atoms with Crippen LogP contribution in [0.3, 0.4) is 0 Å². The highest BCUT2D eigenvalue weighted by molar-refractivity contribution is 6.07. The Labute approximate surface area is 171 Å². The van der Waals surface area contributed by atoms with Gasteiger partial charge in [-0.3, -0.25) is 14.5 Å². The summed E-state index contributed by atoms with van der Waals surface area (Å²) in [5.74, 6) is -0.315. The first-order chi connectivity index (χ1) is 13.9. The average molecular weight is 393 g/mol. The lowest BCUT2D eigenvalue weighted by Crippen LogP contribution is -2.44. The Hall–Kier alpha value is -3.15. The lowest BCUT2D eigenvalue weighted by Gasteiger charge is -2.27. The second-order valence-corrected chi connectivity index (χ2v) is 7.59. The van der Waals surface area contributed by atoms with Crippen molar-refractivity contribution < 1.29 is 14.4 Å². The molecule has 1 fully saturated rings. The molecular weight excluding hydrogens is 366 g/mol. The van der Waals surface area contributed by atoms with E-state index in [4.69, 9.17) is 0 Å². The molecule has 0 saturated carbocycles. The molecule has 0 aromatic heterocycles. The first kappa shape index (κ1) is 20.6. The quantitative estimate of drug-likeness (QED) is 0.732. The van der Waals surface area contributed by atoms with Crippen molar-refractivity contribution in [2.75, 3.05) is 14.1 Å². The lowest BCUT2D eigenvalue weighted by molar-refractivity contribution is -0.132. The predicted octanol–water partition coefficient (Wildman–Crippen LogP) is 3.53. The third-order valence-corrected chi connectivity index (χ3v) is 5.30. The van der Waals surface area contributed by atoms with Crippen molar-refractivity contribution in [1.29, 1.82) is 0 Å². The smallest absolute Gasteiger partial charge is 0.325 e. The second kappa shape index (κ2) is 8.47. The molecule has 6 heteroatoms. The molecule has 0 bridgehead atoms. The van der Waals surface area contributed by atoms with Crippen molar-refractivity contribution in [3.8, 4) is 0 Å². The van der Waals surface area contributed by atoms with Crippen LogP contribution in [0.4, 0.5) is 4.79 Å². The van der Waals surface area contributed by atoms with E-state index in [1.54, 1.807) is 38.4 Å². The third kappa shape index (κ3) is 4.01. The largest absolute Gasteiger partial charge is 0.345 e. The van der Waals surface area contributed by atoms with Crippen LogP contribution >= 0.6 is 0 Å². The topological polar surface area (TPSA) is 69.7 Å². The minimum absolute atomic E-state index is 0.0887. The molecule has 1 heterocycles. The summed E-state index contributed by atoms with van der Waals surface area (Å²) >= 11 is 0. The van der Waals surface area contributed by atoms with Crippen LogP contribution in [0.1, 0.15) is 47.7 Å². The van der Waals surface area contributed by atoms with Crippen LogP contribution in [0.15, 0.2) is 54.6 Å². The van der Waals surface area contributed by atoms with Gasteiger partial charge in [-0.05, 0) is 29.7 Å². The Morgan fingerprint density at radius 3 is 2.28 bits per heavy atom. The van der Waals surface area contributed by atoms with Gasteiger partial charge in [-0.25, -0.2) is 4.79 Å². The molecule has 2 aromatic carbocycles. The van der Waals surface area contributed by atoms with E-state index in [1.165, 1.54) is 9.80 Å². The molecule has 4 amide bonds. The van der Waals surface area contributed by atoms with Gasteiger partial charge >= 0.3 is 6.03 Å². The Balaban J connectivity index is 1.85. The summed E-state index contributed by atoms with van der Waals surface area (Å²) < 4.78 is 0. The summed E-state index contributed by atoms with van der Waals surface area (Å²) in [6.07, 6.45) is 2.32. The van der Waals surface area contributed by atoms with E-state index in [2.05, 4.69) is 12.2 Å². The van der Waals surface area contributed by atoms with Crippen LogP contribution in [0.5, 0.6) is 0 Å². The zero-order chi connectivity index (χ0) is 21.0. The van der Waals surface area contributed by atoms with Gasteiger partial charge in [0.05, 0.1) is 6.54 Å². The maximum atomic E-state index is 13.4. The van der Waals surface area contributed by atoms with Crippen LogP contribution in [0.25, 0.3) is 0 Å². The van der Waals surface area contributed by atoms with Gasteiger partial charge in [-0.2, -0.15) is 0 Å². The monoisotopic (exact) mass is 393 g/mol. The highest BCUT2D eigenvalue weighted by Gasteiger charge is 2.51. The standard InChI is InChI=1S/C23H27N3O3/c1-4-5-15-23(19-9-7-6-8-10-19)21(28)26(22(29)24-23)16-17-11-13-18(14-12-17)20(27)25(2)3/h6-14H,4-5,15-16H2,1-3H3,(H,24,29). The molecule has 1 atom stereocenters. The maximum absolute atomic E-state index is 13.4. The van der Waals surface area contributed by atoms with Crippen LogP contribution in [-0.2, 0) is 16.9 Å². The second-order valence-electron chi connectivity index (χ2n) is 7.59. The van der Waals surface area contributed by atoms with E-state index in [9.17, 15) is 14.4 Å². The fourth-order valence-corrected chi connectivity index (χ4v) is 3.64. The number of amides is 4. The van der Waals surface area contributed by atoms with Gasteiger partial charge in [0.25, 0.3) is 11.8 Å². The number of nitrogens with zero attached hydrogens (tertiary/aromatic N) is 2. The molecule has 0 spiro atoms. The Morgan fingerprint density at radius 2 is 1.69 bits per heavy atom. The van der Waals surface area contributed by atoms with Gasteiger partial charge in [0.2, 0.25) is 0 Å². The zero-order valence-electron chi connectivity index (χ0n) is 17.1. The summed E-state index contributed by atoms with van der Waals surface area (Å²) in [6, 6.07) is 16.1. The first-order valence-corrected chi connectivity index (χ1v) is 9.89. The molecule has 2 aromatic rings. The highest BCUT2D eigenvalue weighted by atomic mass is 16.2. The van der Waals surface area contributed by atoms with Crippen LogP contribution in [0, 0.1) is 0 Å². The van der Waals surface area contributed by atoms with Crippen molar-refractivity contribution in [2.45, 2.75) is 38.3 Å². The molecule has 0 aliphatic carbocycles. The summed E-state index contributed by atoms with van der Waals surface area (Å²) in [6.45, 7) is 2.23. The molecule has 152 valence electrons. The summed E-state index contributed by atoms with van der Waals surface area (Å²) in [4.78, 5) is 41.0. The molecule has 0 radical (unpaired) electrons. The van der Waals surface area contributed by atoms with Crippen LogP contribution in [-0.4, -0.2) is 41.7 Å². The minimum atomic E-state index is -1.02. The van der Waals surface area contributed by atoms with E-state index in [0.29, 0.717) is 12.0 Å². The molecule has 6 nitrogen and oxygen atoms in total. The van der Waals surface area contributed by atoms with E-state index >= 15 is 0 Å². The Kier molecular flexibility index (Phi) is 6.01. The van der Waals surface area contributed by atoms with Crippen molar-refractivity contribution in [3.63, 3.8) is 0 Å². The van der Waals surface area contributed by atoms with Crippen molar-refractivity contribution in [3.05, 3.63) is 71.3 Å². The van der Waals surface area contributed by atoms with E-state index in [1.807, 2.05) is 30.3 Å². The van der Waals surface area contributed by atoms with Gasteiger partial charge in [-0.1, -0.05) is 62.2 Å². The van der Waals surface area contributed by atoms with Crippen LogP contribution in [0.2, 0.25) is 0 Å². The number of imide groups is 1. The number of carbonyl (C=O) groups excluding carboxylic acids is 3. The fourth-order valence-electron chi connectivity index (χ4n) is 3.64. The number of urea groups is 1. The number of unbranched alkanes of at least 4 members (excludes halogenated alkanes) is 1. The average Bonchev–Trinajstić information content (AvgIpc) is 2.98. The number of hydrogen-bond donors (Lipinski definition) is 1. The zero-order valence-corrected chi connectivity index (χ0v) is 17.1. The molecular formula is C23H27N3O3. The number of hydrogen-bond acceptors (Lipinski definition) is 3. The predicted molar refractivity (Wildman–Crippen MR) is 111 cm³/mol. The SMILES string of the molecule is CCCCC1(c2ccccc2)NC(=O)N(Cc2ccc(C(=O)N(C)C)cc2)C1=O. The third-order valence-electron chi connectivity index (χ3n) is 5.30. The van der Waals surface area contributed by atoms with E-state index in [-0.39, 0.29) is 24.4 Å². The summed E-state index contributed by atoms with van der Waals surface area (Å²) in [7, 11) is 3.39. The molecule has 1 aliphatic heterocycles. The Morgan fingerprint density at radius 1 is 1.03 bits per heavy atom. The molecule has 1 N–H and O–H groups in total. The highest BCUT2D eigenvalue weighted by Crippen LogP contribution is 2.34. The number of benzene rings is 2. The molecule has 1 unspecified atom stereocenters. The number of nitrogens with one attached hydrogen (secondary N) is 1.